The lowest BCUT2D eigenvalue weighted by molar-refractivity contribution is -0.169. The maximum atomic E-state index is 4.05. The first-order valence-electron chi connectivity index (χ1n) is 51.6. The van der Waals surface area contributed by atoms with Crippen LogP contribution in [0.4, 0.5) is 0 Å². The minimum Gasteiger partial charge on any atom is -0.295 e. The van der Waals surface area contributed by atoms with Crippen molar-refractivity contribution in [2.75, 3.05) is 0 Å². The van der Waals surface area contributed by atoms with E-state index in [2.05, 4.69) is 35.5 Å². The highest BCUT2D eigenvalue weighted by Gasteiger charge is 2.71. The molecule has 106 heavy (non-hydrogen) atoms. The Morgan fingerprint density at radius 2 is 0.604 bits per heavy atom. The highest BCUT2D eigenvalue weighted by atomic mass is 15.3. The van der Waals surface area contributed by atoms with Gasteiger partial charge < -0.3 is 0 Å². The molecule has 3 aliphatic heterocycles. The molecule has 3 nitrogen and oxygen atoms in total. The zero-order valence-corrected chi connectivity index (χ0v) is 69.9. The van der Waals surface area contributed by atoms with Gasteiger partial charge in [0.15, 0.2) is 6.71 Å². The zero-order valence-electron chi connectivity index (χ0n) is 69.9. The number of fused-ring (bicyclic) bond motifs is 9. The SMILES string of the molecule is CC(C)(C)C1CC2C3B(C4CC(C5CCC6CCCC7C8CCCC9CCCC(C98)C5C67)CCC4N2C2C(C4CCCCC4)CC(C4CCCCC4)CC2C2CCCCC2)C2CCC(N4C5CCCCC5C5CCCCC54)CC2N(C2C(C4CCCCC4)CC(C4CCCCC4)CC2C2CCCCC2)C3C1. The fourth-order valence-corrected chi connectivity index (χ4v) is 39.5. The second-order valence-corrected chi connectivity index (χ2v) is 47.5. The summed E-state index contributed by atoms with van der Waals surface area (Å²) in [7, 11) is 0. The van der Waals surface area contributed by atoms with E-state index in [9.17, 15) is 0 Å². The van der Waals surface area contributed by atoms with Gasteiger partial charge in [0.2, 0.25) is 0 Å². The van der Waals surface area contributed by atoms with E-state index in [0.717, 1.165) is 226 Å². The highest BCUT2D eigenvalue weighted by Crippen LogP contribution is 2.72. The summed E-state index contributed by atoms with van der Waals surface area (Å²) in [6.07, 6.45) is 97.3. The molecule has 0 aromatic heterocycles. The Morgan fingerprint density at radius 3 is 1.08 bits per heavy atom. The Morgan fingerprint density at radius 1 is 0.208 bits per heavy atom. The molecule has 0 amide bonds. The Balaban J connectivity index is 0.750. The molecule has 0 spiro atoms. The third-order valence-electron chi connectivity index (χ3n) is 42.9. The molecule has 27 atom stereocenters. The Kier molecular flexibility index (Phi) is 21.8. The molecule has 594 valence electrons. The van der Waals surface area contributed by atoms with Crippen LogP contribution in [0.15, 0.2) is 0 Å². The van der Waals surface area contributed by atoms with Crippen molar-refractivity contribution < 1.29 is 0 Å². The van der Waals surface area contributed by atoms with Crippen molar-refractivity contribution in [2.24, 2.45) is 153 Å². The summed E-state index contributed by atoms with van der Waals surface area (Å²) < 4.78 is 0. The van der Waals surface area contributed by atoms with Gasteiger partial charge in [0, 0.05) is 54.4 Å². The van der Waals surface area contributed by atoms with Crippen LogP contribution in [0.1, 0.15) is 412 Å². The first-order valence-corrected chi connectivity index (χ1v) is 51.6. The van der Waals surface area contributed by atoms with E-state index in [4.69, 9.17) is 0 Å². The summed E-state index contributed by atoms with van der Waals surface area (Å²) in [6.45, 7) is 9.63. The summed E-state index contributed by atoms with van der Waals surface area (Å²) in [5.74, 6) is 28.7. The molecule has 18 aliphatic carbocycles. The second-order valence-electron chi connectivity index (χ2n) is 47.5. The maximum absolute atomic E-state index is 4.05. The molecular weight excluding hydrogens is 1280 g/mol. The lowest BCUT2D eigenvalue weighted by Gasteiger charge is -2.73. The number of hydrogen-bond acceptors (Lipinski definition) is 3. The molecule has 21 rings (SSSR count). The van der Waals surface area contributed by atoms with Crippen molar-refractivity contribution in [2.45, 2.75) is 484 Å². The summed E-state index contributed by atoms with van der Waals surface area (Å²) in [5, 5.41) is 0. The van der Waals surface area contributed by atoms with E-state index in [-0.39, 0.29) is 0 Å². The molecule has 18 saturated carbocycles. The van der Waals surface area contributed by atoms with Crippen LogP contribution in [0.5, 0.6) is 0 Å². The van der Waals surface area contributed by atoms with Crippen LogP contribution in [-0.2, 0) is 0 Å². The van der Waals surface area contributed by atoms with Crippen molar-refractivity contribution in [3.63, 3.8) is 0 Å². The smallest absolute Gasteiger partial charge is 0.156 e. The number of hydrogen-bond donors (Lipinski definition) is 0. The first kappa shape index (κ1) is 73.6. The zero-order chi connectivity index (χ0) is 70.3. The van der Waals surface area contributed by atoms with E-state index in [1.807, 2.05) is 0 Å². The fraction of sp³-hybridized carbons (Fsp3) is 1.00. The van der Waals surface area contributed by atoms with Gasteiger partial charge in [-0.1, -0.05) is 290 Å². The average Bonchev–Trinajstić information content (AvgIpc) is 0.739. The maximum Gasteiger partial charge on any atom is 0.156 e. The van der Waals surface area contributed by atoms with Crippen LogP contribution in [0.25, 0.3) is 0 Å². The van der Waals surface area contributed by atoms with Crippen LogP contribution in [-0.4, -0.2) is 75.8 Å². The number of nitrogens with zero attached hydrogens (tertiary/aromatic N) is 3. The lowest BCUT2D eigenvalue weighted by Crippen LogP contribution is -2.77. The minimum atomic E-state index is 0.347. The lowest BCUT2D eigenvalue weighted by atomic mass is 9.18. The van der Waals surface area contributed by atoms with Gasteiger partial charge in [0.05, 0.1) is 0 Å². The van der Waals surface area contributed by atoms with Gasteiger partial charge in [-0.25, -0.2) is 0 Å². The van der Waals surface area contributed by atoms with Crippen LogP contribution in [0.2, 0.25) is 17.5 Å². The molecule has 21 aliphatic rings. The largest absolute Gasteiger partial charge is 0.295 e. The Bertz CT molecular complexity index is 2780. The Hall–Kier alpha value is -0.0551. The summed E-state index contributed by atoms with van der Waals surface area (Å²) in [6, 6.07) is 7.77. The number of rotatable bonds is 10. The molecule has 0 radical (unpaired) electrons. The molecule has 0 bridgehead atoms. The second kappa shape index (κ2) is 31.4. The molecule has 3 saturated heterocycles. The third-order valence-corrected chi connectivity index (χ3v) is 42.9. The van der Waals surface area contributed by atoms with Crippen molar-refractivity contribution in [3.05, 3.63) is 0 Å². The van der Waals surface area contributed by atoms with E-state index >= 15 is 0 Å². The first-order chi connectivity index (χ1) is 52.3. The van der Waals surface area contributed by atoms with E-state index < -0.39 is 0 Å². The van der Waals surface area contributed by atoms with Crippen molar-refractivity contribution >= 4 is 6.71 Å². The van der Waals surface area contributed by atoms with E-state index in [1.165, 1.54) is 6.42 Å². The highest BCUT2D eigenvalue weighted by molar-refractivity contribution is 6.65. The van der Waals surface area contributed by atoms with E-state index in [1.54, 1.807) is 385 Å². The molecule has 0 aromatic carbocycles. The predicted octanol–water partition coefficient (Wildman–Crippen LogP) is 27.3. The van der Waals surface area contributed by atoms with E-state index in [0.29, 0.717) is 5.41 Å². The molecule has 27 unspecified atom stereocenters. The van der Waals surface area contributed by atoms with Crippen LogP contribution in [0.3, 0.4) is 0 Å². The third kappa shape index (κ3) is 13.2. The van der Waals surface area contributed by atoms with Gasteiger partial charge >= 0.3 is 0 Å². The average molecular weight is 1450 g/mol. The van der Waals surface area contributed by atoms with Crippen molar-refractivity contribution in [1.29, 1.82) is 0 Å². The molecule has 4 heteroatoms. The van der Waals surface area contributed by atoms with Crippen molar-refractivity contribution in [3.8, 4) is 0 Å². The molecular formula is C102H168BN3. The van der Waals surface area contributed by atoms with Gasteiger partial charge in [0.1, 0.15) is 0 Å². The Labute approximate surface area is 655 Å². The van der Waals surface area contributed by atoms with Gasteiger partial charge in [-0.15, -0.1) is 0 Å². The van der Waals surface area contributed by atoms with Gasteiger partial charge in [0.25, 0.3) is 0 Å². The summed E-state index contributed by atoms with van der Waals surface area (Å²) in [5.41, 5.74) is 0.347. The molecule has 0 N–H and O–H groups in total. The normalized spacial score (nSPS) is 50.9. The van der Waals surface area contributed by atoms with Gasteiger partial charge in [-0.3, -0.25) is 14.7 Å². The summed E-state index contributed by atoms with van der Waals surface area (Å²) >= 11 is 0. The molecule has 3 heterocycles. The monoisotopic (exact) mass is 1450 g/mol. The number of likely N-dealkylation sites (tertiary alicyclic amines) is 1. The standard InChI is InChI=1S/C102H168BN3/c1-102(2,3)76-62-94-99-95(63-76)106(101-86(69-37-18-8-19-38-69)59-75(66-31-12-5-13-32-66)60-87(101)70-39-20-9-21-40-70)93-64-77(104-90-49-24-22-44-79(90)80-45-23-25-50-91(80)104)53-55-88(93)103(99)89-61-73(78-54-51-72-43-27-47-82-81-46-26-41-71-42-28-48-83(96(71)81)98(78)97(72)82)52-56-92(89)105(94)100-84(67-33-14-6-15-34-67)57-74(65-29-10-4-11-30-65)58-85(100)68-35-16-7-17-36-68/h65-101H,4-64H2,1-3H3. The van der Waals surface area contributed by atoms with Gasteiger partial charge in [-0.05, 0) is 293 Å². The fourth-order valence-electron chi connectivity index (χ4n) is 39.5. The minimum absolute atomic E-state index is 0.347. The molecule has 0 aromatic rings. The quantitative estimate of drug-likeness (QED) is 0.202. The van der Waals surface area contributed by atoms with Crippen LogP contribution < -0.4 is 0 Å². The van der Waals surface area contributed by atoms with Crippen LogP contribution in [0, 0.1) is 153 Å². The summed E-state index contributed by atoms with van der Waals surface area (Å²) in [4.78, 5) is 11.7. The predicted molar refractivity (Wildman–Crippen MR) is 445 cm³/mol. The topological polar surface area (TPSA) is 9.72 Å². The van der Waals surface area contributed by atoms with Crippen LogP contribution >= 0.6 is 0 Å². The molecule has 21 fully saturated rings. The van der Waals surface area contributed by atoms with Crippen molar-refractivity contribution in [1.82, 2.24) is 14.7 Å². The van der Waals surface area contributed by atoms with Gasteiger partial charge in [-0.2, -0.15) is 0 Å².